The van der Waals surface area contributed by atoms with Crippen LogP contribution in [0.2, 0.25) is 0 Å². The molecule has 0 bridgehead atoms. The number of anilines is 1. The van der Waals surface area contributed by atoms with Gasteiger partial charge in [-0.2, -0.15) is 0 Å². The van der Waals surface area contributed by atoms with Crippen molar-refractivity contribution in [3.05, 3.63) is 95.3 Å². The number of fused-ring (bicyclic) bond motifs is 2. The largest absolute Gasteiger partial charge is 0.385 e. The molecule has 182 valence electrons. The number of para-hydroxylation sites is 2. The zero-order valence-corrected chi connectivity index (χ0v) is 20.0. The molecule has 0 atom stereocenters. The summed E-state index contributed by atoms with van der Waals surface area (Å²) in [5.41, 5.74) is 8.96. The van der Waals surface area contributed by atoms with E-state index in [9.17, 15) is 9.59 Å². The molecule has 8 nitrogen and oxygen atoms in total. The highest BCUT2D eigenvalue weighted by Crippen LogP contribution is 2.28. The molecule has 0 radical (unpaired) electrons. The molecule has 0 saturated heterocycles. The predicted molar refractivity (Wildman–Crippen MR) is 142 cm³/mol. The number of hydrazine groups is 1. The Morgan fingerprint density at radius 2 is 1.69 bits per heavy atom. The second-order valence-electron chi connectivity index (χ2n) is 8.47. The van der Waals surface area contributed by atoms with Gasteiger partial charge in [-0.3, -0.25) is 25.0 Å². The van der Waals surface area contributed by atoms with Crippen LogP contribution in [0.3, 0.4) is 0 Å². The van der Waals surface area contributed by atoms with Crippen molar-refractivity contribution in [1.29, 1.82) is 0 Å². The molecule has 0 saturated carbocycles. The van der Waals surface area contributed by atoms with Gasteiger partial charge in [0.2, 0.25) is 5.95 Å². The summed E-state index contributed by atoms with van der Waals surface area (Å²) in [4.78, 5) is 30.8. The zero-order chi connectivity index (χ0) is 24.9. The van der Waals surface area contributed by atoms with Gasteiger partial charge >= 0.3 is 0 Å². The fourth-order valence-electron chi connectivity index (χ4n) is 4.38. The number of nitrogens with zero attached hydrogens (tertiary/aromatic N) is 3. The lowest BCUT2D eigenvalue weighted by atomic mass is 10.1. The van der Waals surface area contributed by atoms with Crippen molar-refractivity contribution in [2.75, 3.05) is 19.1 Å². The van der Waals surface area contributed by atoms with Gasteiger partial charge in [-0.05, 0) is 36.2 Å². The van der Waals surface area contributed by atoms with Gasteiger partial charge in [0.1, 0.15) is 6.54 Å². The van der Waals surface area contributed by atoms with E-state index in [0.29, 0.717) is 30.5 Å². The average Bonchev–Trinajstić information content (AvgIpc) is 3.28. The van der Waals surface area contributed by atoms with Crippen molar-refractivity contribution in [3.8, 4) is 11.3 Å². The highest BCUT2D eigenvalue weighted by atomic mass is 16.5. The lowest BCUT2D eigenvalue weighted by molar-refractivity contribution is -0.121. The number of nitrogens with one attached hydrogen (secondary N) is 2. The van der Waals surface area contributed by atoms with Gasteiger partial charge in [-0.1, -0.05) is 60.7 Å². The summed E-state index contributed by atoms with van der Waals surface area (Å²) in [6.45, 7) is 1.00. The minimum Gasteiger partial charge on any atom is -0.385 e. The molecule has 2 heterocycles. The van der Waals surface area contributed by atoms with Crippen LogP contribution in [0, 0.1) is 0 Å². The van der Waals surface area contributed by atoms with Crippen LogP contribution in [-0.4, -0.2) is 33.7 Å². The third-order valence-electron chi connectivity index (χ3n) is 6.09. The first kappa shape index (κ1) is 23.3. The van der Waals surface area contributed by atoms with Crippen LogP contribution in [0.1, 0.15) is 6.42 Å². The Labute approximate surface area is 208 Å². The van der Waals surface area contributed by atoms with Crippen LogP contribution in [0.15, 0.2) is 89.7 Å². The summed E-state index contributed by atoms with van der Waals surface area (Å²) in [6, 6.07) is 27.2. The first-order chi connectivity index (χ1) is 17.7. The van der Waals surface area contributed by atoms with E-state index in [4.69, 9.17) is 4.74 Å². The highest BCUT2D eigenvalue weighted by molar-refractivity contribution is 5.89. The topological polar surface area (TPSA) is 90.2 Å². The van der Waals surface area contributed by atoms with Gasteiger partial charge < -0.3 is 9.30 Å². The van der Waals surface area contributed by atoms with Crippen LogP contribution in [-0.2, 0) is 22.6 Å². The van der Waals surface area contributed by atoms with Crippen LogP contribution in [0.25, 0.3) is 33.1 Å². The van der Waals surface area contributed by atoms with E-state index in [1.165, 1.54) is 4.57 Å². The summed E-state index contributed by atoms with van der Waals surface area (Å²) in [7, 11) is 1.62. The maximum Gasteiger partial charge on any atom is 0.262 e. The number of ether oxygens (including phenoxy) is 1. The van der Waals surface area contributed by atoms with Gasteiger partial charge in [0, 0.05) is 36.9 Å². The van der Waals surface area contributed by atoms with Crippen LogP contribution in [0.5, 0.6) is 0 Å². The molecule has 3 aromatic carbocycles. The van der Waals surface area contributed by atoms with Crippen molar-refractivity contribution in [2.24, 2.45) is 0 Å². The summed E-state index contributed by atoms with van der Waals surface area (Å²) in [6.07, 6.45) is 0.634. The van der Waals surface area contributed by atoms with E-state index in [2.05, 4.69) is 21.9 Å². The smallest absolute Gasteiger partial charge is 0.262 e. The fourth-order valence-corrected chi connectivity index (χ4v) is 4.38. The normalized spacial score (nSPS) is 11.1. The van der Waals surface area contributed by atoms with Gasteiger partial charge in [0.05, 0.1) is 10.9 Å². The molecule has 2 N–H and O–H groups in total. The van der Waals surface area contributed by atoms with Gasteiger partial charge in [0.15, 0.2) is 0 Å². The third kappa shape index (κ3) is 4.71. The van der Waals surface area contributed by atoms with Crippen molar-refractivity contribution in [2.45, 2.75) is 19.5 Å². The zero-order valence-electron chi connectivity index (χ0n) is 20.0. The number of benzene rings is 3. The summed E-state index contributed by atoms with van der Waals surface area (Å²) in [5.74, 6) is 0.0168. The molecule has 5 aromatic rings. The number of methoxy groups -OCH3 is 1. The Kier molecular flexibility index (Phi) is 6.77. The second kappa shape index (κ2) is 10.5. The summed E-state index contributed by atoms with van der Waals surface area (Å²) < 4.78 is 8.66. The molecule has 2 aromatic heterocycles. The van der Waals surface area contributed by atoms with Crippen molar-refractivity contribution < 1.29 is 9.53 Å². The van der Waals surface area contributed by atoms with Crippen LogP contribution >= 0.6 is 0 Å². The summed E-state index contributed by atoms with van der Waals surface area (Å²) >= 11 is 0. The van der Waals surface area contributed by atoms with Crippen molar-refractivity contribution in [3.63, 3.8) is 0 Å². The van der Waals surface area contributed by atoms with Crippen molar-refractivity contribution >= 4 is 33.7 Å². The Bertz CT molecular complexity index is 1570. The Morgan fingerprint density at radius 1 is 0.944 bits per heavy atom. The number of carbonyl (C=O) groups excluding carboxylic acids is 1. The molecule has 0 aliphatic heterocycles. The minimum atomic E-state index is -0.264. The number of amides is 1. The molecule has 36 heavy (non-hydrogen) atoms. The minimum absolute atomic E-state index is 0.0895. The van der Waals surface area contributed by atoms with E-state index in [1.807, 2.05) is 71.3 Å². The van der Waals surface area contributed by atoms with Gasteiger partial charge in [-0.25, -0.2) is 4.98 Å². The lowest BCUT2D eigenvalue weighted by Crippen LogP contribution is -2.36. The van der Waals surface area contributed by atoms with E-state index >= 15 is 0 Å². The first-order valence-electron chi connectivity index (χ1n) is 11.8. The van der Waals surface area contributed by atoms with E-state index in [1.54, 1.807) is 19.2 Å². The second-order valence-corrected chi connectivity index (χ2v) is 8.47. The molecule has 0 aliphatic rings. The summed E-state index contributed by atoms with van der Waals surface area (Å²) in [5, 5.41) is 1.58. The van der Waals surface area contributed by atoms with E-state index in [-0.39, 0.29) is 24.0 Å². The van der Waals surface area contributed by atoms with Crippen molar-refractivity contribution in [1.82, 2.24) is 19.5 Å². The molecule has 0 aliphatic carbocycles. The van der Waals surface area contributed by atoms with Crippen LogP contribution < -0.4 is 16.4 Å². The molecular formula is C28H27N5O3. The number of carbonyl (C=O) groups is 1. The molecule has 0 spiro atoms. The SMILES string of the molecule is COCCCn1c(NNC(=O)Cn2c(-c3ccccc3)cc3ccccc32)nc2ccccc2c1=O. The van der Waals surface area contributed by atoms with Gasteiger partial charge in [-0.15, -0.1) is 0 Å². The Morgan fingerprint density at radius 3 is 2.53 bits per heavy atom. The predicted octanol–water partition coefficient (Wildman–Crippen LogP) is 4.20. The molecule has 5 rings (SSSR count). The number of rotatable bonds is 9. The third-order valence-corrected chi connectivity index (χ3v) is 6.09. The maximum atomic E-state index is 13.1. The fraction of sp³-hybridized carbons (Fsp3) is 0.179. The standard InChI is InChI=1S/C28H27N5O3/c1-36-17-9-16-32-27(35)22-13-6-7-14-23(22)29-28(32)31-30-26(34)19-33-24-15-8-5-12-21(24)18-25(33)20-10-3-2-4-11-20/h2-8,10-15,18H,9,16-17,19H2,1H3,(H,29,31)(H,30,34). The van der Waals surface area contributed by atoms with Crippen LogP contribution in [0.4, 0.5) is 5.95 Å². The van der Waals surface area contributed by atoms with Gasteiger partial charge in [0.25, 0.3) is 11.5 Å². The van der Waals surface area contributed by atoms with E-state index < -0.39 is 0 Å². The molecule has 0 unspecified atom stereocenters. The Balaban J connectivity index is 1.42. The van der Waals surface area contributed by atoms with E-state index in [0.717, 1.165) is 22.2 Å². The first-order valence-corrected chi connectivity index (χ1v) is 11.8. The maximum absolute atomic E-state index is 13.1. The molecular weight excluding hydrogens is 454 g/mol. The molecule has 1 amide bonds. The highest BCUT2D eigenvalue weighted by Gasteiger charge is 2.15. The Hall–Kier alpha value is -4.43. The number of hydrogen-bond acceptors (Lipinski definition) is 5. The quantitative estimate of drug-likeness (QED) is 0.243. The lowest BCUT2D eigenvalue weighted by Gasteiger charge is -2.16. The number of aromatic nitrogens is 3. The molecule has 8 heteroatoms. The number of hydrogen-bond donors (Lipinski definition) is 2. The molecule has 0 fully saturated rings. The monoisotopic (exact) mass is 481 g/mol. The average molecular weight is 482 g/mol.